The average Bonchev–Trinajstić information content (AvgIpc) is 2.88. The highest BCUT2D eigenvalue weighted by atomic mass is 79.9. The van der Waals surface area contributed by atoms with Crippen molar-refractivity contribution >= 4 is 39.2 Å². The highest BCUT2D eigenvalue weighted by Gasteiger charge is 2.17. The van der Waals surface area contributed by atoms with Crippen LogP contribution in [-0.2, 0) is 0 Å². The molecule has 7 heteroatoms. The Bertz CT molecular complexity index is 1330. The second kappa shape index (κ2) is 12.0. The first-order valence-electron chi connectivity index (χ1n) is 11.5. The number of urea groups is 1. The zero-order chi connectivity index (χ0) is 25.3. The average molecular weight is 544 g/mol. The summed E-state index contributed by atoms with van der Waals surface area (Å²) in [6.07, 6.45) is 0. The van der Waals surface area contributed by atoms with Crippen LogP contribution < -0.4 is 20.3 Å². The van der Waals surface area contributed by atoms with Gasteiger partial charge < -0.3 is 15.4 Å². The number of hydrogen-bond acceptors (Lipinski definition) is 3. The molecular weight excluding hydrogens is 518 g/mol. The van der Waals surface area contributed by atoms with E-state index in [-0.39, 0.29) is 25.0 Å². The Morgan fingerprint density at radius 1 is 0.833 bits per heavy atom. The van der Waals surface area contributed by atoms with E-state index >= 15 is 0 Å². The van der Waals surface area contributed by atoms with Crippen molar-refractivity contribution in [3.05, 3.63) is 119 Å². The quantitative estimate of drug-likeness (QED) is 0.251. The Morgan fingerprint density at radius 3 is 2.28 bits per heavy atom. The summed E-state index contributed by atoms with van der Waals surface area (Å²) in [7, 11) is 0. The van der Waals surface area contributed by atoms with Gasteiger partial charge in [-0.2, -0.15) is 0 Å². The van der Waals surface area contributed by atoms with Crippen molar-refractivity contribution in [3.63, 3.8) is 0 Å². The van der Waals surface area contributed by atoms with Gasteiger partial charge in [0.25, 0.3) is 5.91 Å². The van der Waals surface area contributed by atoms with E-state index in [1.54, 1.807) is 23.1 Å². The number of halogens is 1. The lowest BCUT2D eigenvalue weighted by atomic mass is 10.2. The number of rotatable bonds is 8. The summed E-state index contributed by atoms with van der Waals surface area (Å²) in [5.74, 6) is 1.18. The highest BCUT2D eigenvalue weighted by molar-refractivity contribution is 9.10. The number of nitrogens with one attached hydrogen (secondary N) is 2. The molecule has 0 saturated carbocycles. The number of benzene rings is 4. The third kappa shape index (κ3) is 6.96. The maximum atomic E-state index is 13.3. The van der Waals surface area contributed by atoms with Gasteiger partial charge in [0.2, 0.25) is 0 Å². The van der Waals surface area contributed by atoms with Gasteiger partial charge in [0.05, 0.1) is 0 Å². The first kappa shape index (κ1) is 25.0. The summed E-state index contributed by atoms with van der Waals surface area (Å²) in [5.41, 5.74) is 2.97. The summed E-state index contributed by atoms with van der Waals surface area (Å²) in [4.78, 5) is 27.4. The van der Waals surface area contributed by atoms with Crippen LogP contribution in [0.25, 0.3) is 0 Å². The van der Waals surface area contributed by atoms with E-state index in [1.807, 2.05) is 91.9 Å². The molecule has 0 aromatic heterocycles. The van der Waals surface area contributed by atoms with Gasteiger partial charge in [0, 0.05) is 34.5 Å². The van der Waals surface area contributed by atoms with Crippen LogP contribution in [0.5, 0.6) is 11.5 Å². The Hall–Kier alpha value is -4.10. The van der Waals surface area contributed by atoms with Crippen LogP contribution in [0.1, 0.15) is 15.9 Å². The molecule has 0 bridgehead atoms. The lowest BCUT2D eigenvalue weighted by Gasteiger charge is -2.24. The van der Waals surface area contributed by atoms with Crippen LogP contribution in [0.4, 0.5) is 16.2 Å². The fourth-order valence-corrected chi connectivity index (χ4v) is 3.99. The number of hydrogen-bond donors (Lipinski definition) is 2. The molecule has 4 aromatic carbocycles. The largest absolute Gasteiger partial charge is 0.457 e. The highest BCUT2D eigenvalue weighted by Crippen LogP contribution is 2.25. The molecule has 0 heterocycles. The van der Waals surface area contributed by atoms with Gasteiger partial charge in [-0.3, -0.25) is 9.69 Å². The van der Waals surface area contributed by atoms with Crippen LogP contribution in [0.3, 0.4) is 0 Å². The van der Waals surface area contributed by atoms with Crippen LogP contribution in [0.15, 0.2) is 108 Å². The smallest absolute Gasteiger partial charge is 0.326 e. The van der Waals surface area contributed by atoms with Gasteiger partial charge in [-0.05, 0) is 79.2 Å². The first-order valence-corrected chi connectivity index (χ1v) is 12.3. The summed E-state index contributed by atoms with van der Waals surface area (Å²) < 4.78 is 6.70. The third-order valence-electron chi connectivity index (χ3n) is 5.35. The Kier molecular flexibility index (Phi) is 8.36. The summed E-state index contributed by atoms with van der Waals surface area (Å²) in [5, 5.41) is 5.84. The molecule has 0 aliphatic rings. The molecule has 4 aromatic rings. The van der Waals surface area contributed by atoms with Crippen molar-refractivity contribution in [2.75, 3.05) is 23.3 Å². The maximum Gasteiger partial charge on any atom is 0.326 e. The SMILES string of the molecule is Cc1cccc(NC(=O)N(CCNC(=O)c2cccc(Br)c2)c2ccc(Oc3ccccc3)cc2)c1. The number of anilines is 2. The minimum Gasteiger partial charge on any atom is -0.457 e. The number of carbonyl (C=O) groups excluding carboxylic acids is 2. The van der Waals surface area contributed by atoms with Crippen molar-refractivity contribution in [2.24, 2.45) is 0 Å². The van der Waals surface area contributed by atoms with Crippen molar-refractivity contribution in [3.8, 4) is 11.5 Å². The van der Waals surface area contributed by atoms with E-state index in [0.29, 0.717) is 22.7 Å². The molecule has 0 aliphatic carbocycles. The van der Waals surface area contributed by atoms with Gasteiger partial charge in [-0.25, -0.2) is 4.79 Å². The Labute approximate surface area is 219 Å². The zero-order valence-corrected chi connectivity index (χ0v) is 21.4. The predicted octanol–water partition coefficient (Wildman–Crippen LogP) is 7.02. The molecule has 0 aliphatic heterocycles. The van der Waals surface area contributed by atoms with E-state index in [1.165, 1.54) is 0 Å². The summed E-state index contributed by atoms with van der Waals surface area (Å²) in [6, 6.07) is 31.2. The van der Waals surface area contributed by atoms with Crippen molar-refractivity contribution in [1.29, 1.82) is 0 Å². The molecule has 0 fully saturated rings. The Balaban J connectivity index is 1.47. The minimum atomic E-state index is -0.297. The number of carbonyl (C=O) groups is 2. The molecule has 2 N–H and O–H groups in total. The summed E-state index contributed by atoms with van der Waals surface area (Å²) in [6.45, 7) is 2.52. The Morgan fingerprint density at radius 2 is 1.56 bits per heavy atom. The second-order valence-corrected chi connectivity index (χ2v) is 9.04. The fourth-order valence-electron chi connectivity index (χ4n) is 3.59. The van der Waals surface area contributed by atoms with E-state index in [4.69, 9.17) is 4.74 Å². The van der Waals surface area contributed by atoms with Crippen molar-refractivity contribution < 1.29 is 14.3 Å². The third-order valence-corrected chi connectivity index (χ3v) is 5.84. The van der Waals surface area contributed by atoms with Gasteiger partial charge in [-0.1, -0.05) is 52.3 Å². The number of ether oxygens (including phenoxy) is 1. The predicted molar refractivity (Wildman–Crippen MR) is 147 cm³/mol. The first-order chi connectivity index (χ1) is 17.5. The molecule has 0 spiro atoms. The molecule has 6 nitrogen and oxygen atoms in total. The molecule has 0 atom stereocenters. The van der Waals surface area contributed by atoms with Crippen LogP contribution >= 0.6 is 15.9 Å². The molecular formula is C29H26BrN3O3. The molecule has 0 radical (unpaired) electrons. The van der Waals surface area contributed by atoms with Crippen molar-refractivity contribution in [1.82, 2.24) is 5.32 Å². The van der Waals surface area contributed by atoms with E-state index in [9.17, 15) is 9.59 Å². The number of nitrogens with zero attached hydrogens (tertiary/aromatic N) is 1. The standard InChI is InChI=1S/C29H26BrN3O3/c1-21-7-5-10-24(19-21)32-29(35)33(18-17-31-28(34)22-8-6-9-23(30)20-22)25-13-15-27(16-14-25)36-26-11-3-2-4-12-26/h2-16,19-20H,17-18H2,1H3,(H,31,34)(H,32,35). The molecule has 0 saturated heterocycles. The van der Waals surface area contributed by atoms with Crippen LogP contribution in [0.2, 0.25) is 0 Å². The van der Waals surface area contributed by atoms with Gasteiger partial charge in [0.15, 0.2) is 0 Å². The molecule has 0 unspecified atom stereocenters. The lowest BCUT2D eigenvalue weighted by molar-refractivity contribution is 0.0954. The van der Waals surface area contributed by atoms with Crippen molar-refractivity contribution in [2.45, 2.75) is 6.92 Å². The van der Waals surface area contributed by atoms with Crippen LogP contribution in [0, 0.1) is 6.92 Å². The lowest BCUT2D eigenvalue weighted by Crippen LogP contribution is -2.41. The van der Waals surface area contributed by atoms with Crippen LogP contribution in [-0.4, -0.2) is 25.0 Å². The topological polar surface area (TPSA) is 70.7 Å². The molecule has 4 rings (SSSR count). The number of aryl methyl sites for hydroxylation is 1. The molecule has 182 valence electrons. The second-order valence-electron chi connectivity index (χ2n) is 8.13. The van der Waals surface area contributed by atoms with E-state index in [0.717, 1.165) is 15.8 Å². The number of amides is 3. The monoisotopic (exact) mass is 543 g/mol. The molecule has 36 heavy (non-hydrogen) atoms. The summed E-state index contributed by atoms with van der Waals surface area (Å²) >= 11 is 3.38. The minimum absolute atomic E-state index is 0.207. The zero-order valence-electron chi connectivity index (χ0n) is 19.8. The maximum absolute atomic E-state index is 13.3. The van der Waals surface area contributed by atoms with Gasteiger partial charge >= 0.3 is 6.03 Å². The van der Waals surface area contributed by atoms with E-state index < -0.39 is 0 Å². The molecule has 3 amide bonds. The van der Waals surface area contributed by atoms with Gasteiger partial charge in [-0.15, -0.1) is 0 Å². The fraction of sp³-hybridized carbons (Fsp3) is 0.103. The van der Waals surface area contributed by atoms with Gasteiger partial charge in [0.1, 0.15) is 11.5 Å². The normalized spacial score (nSPS) is 10.4. The number of para-hydroxylation sites is 1. The van der Waals surface area contributed by atoms with E-state index in [2.05, 4.69) is 26.6 Å².